The predicted molar refractivity (Wildman–Crippen MR) is 315 cm³/mol. The van der Waals surface area contributed by atoms with E-state index in [2.05, 4.69) is 260 Å². The minimum atomic E-state index is -0.699. The first-order chi connectivity index (χ1) is 38.0. The molecule has 4 unspecified atom stereocenters. The quantitative estimate of drug-likeness (QED) is 0.125. The van der Waals surface area contributed by atoms with E-state index in [9.17, 15) is 0 Å². The van der Waals surface area contributed by atoms with E-state index < -0.39 is 17.6 Å². The molecule has 77 heavy (non-hydrogen) atoms. The Kier molecular flexibility index (Phi) is 10.4. The van der Waals surface area contributed by atoms with Gasteiger partial charge in [-0.1, -0.05) is 249 Å². The van der Waals surface area contributed by atoms with E-state index in [1.807, 2.05) is 0 Å². The zero-order valence-corrected chi connectivity index (χ0v) is 42.0. The van der Waals surface area contributed by atoms with Gasteiger partial charge >= 0.3 is 0 Å². The average Bonchev–Trinajstić information content (AvgIpc) is 4.00. The zero-order chi connectivity index (χ0) is 51.2. The molecule has 0 aliphatic heterocycles. The zero-order valence-electron chi connectivity index (χ0n) is 42.0. The standard InChI is InChI=1S/C71H50N6/c72-65(66(57-31-13-21-43-17-1-5-25-49(43)57)74-67(73)58-32-14-22-44-18-2-6-26-50(44)58)47-37-39-55-53-29-9-11-35-61(53)71(63(55)41-47)62-36-12-10-30-54(62)56-40-38-48(42-64(56)71)68-75-69(59-33-15-23-45-19-3-7-27-51(45)59)77-70(76-68)60-34-16-24-46-20-4-8-28-52(46)60/h1-42,65-67,74H,72-73H2. The fraction of sp³-hybridized carbons (Fsp3) is 0.0563. The smallest absolute Gasteiger partial charge is 0.164 e. The Hall–Kier alpha value is -9.43. The number of rotatable bonds is 9. The Morgan fingerprint density at radius 2 is 0.727 bits per heavy atom. The highest BCUT2D eigenvalue weighted by molar-refractivity contribution is 5.99. The molecule has 0 saturated heterocycles. The van der Waals surface area contributed by atoms with Crippen molar-refractivity contribution in [2.75, 3.05) is 0 Å². The molecule has 12 aromatic carbocycles. The molecule has 1 heterocycles. The summed E-state index contributed by atoms with van der Waals surface area (Å²) in [4.78, 5) is 16.2. The van der Waals surface area contributed by atoms with Crippen LogP contribution in [0.1, 0.15) is 57.2 Å². The second-order valence-electron chi connectivity index (χ2n) is 20.6. The minimum Gasteiger partial charge on any atom is -0.322 e. The minimum absolute atomic E-state index is 0.377. The van der Waals surface area contributed by atoms with Gasteiger partial charge in [0.15, 0.2) is 17.5 Å². The molecule has 0 fully saturated rings. The number of aromatic nitrogens is 3. The first kappa shape index (κ1) is 45.0. The molecule has 6 heteroatoms. The largest absolute Gasteiger partial charge is 0.322 e. The Morgan fingerprint density at radius 3 is 1.31 bits per heavy atom. The number of nitrogens with one attached hydrogen (secondary N) is 1. The number of hydrogen-bond acceptors (Lipinski definition) is 6. The summed E-state index contributed by atoms with van der Waals surface area (Å²) < 4.78 is 0. The molecule has 13 aromatic rings. The van der Waals surface area contributed by atoms with Crippen LogP contribution in [0.2, 0.25) is 0 Å². The number of nitrogens with two attached hydrogens (primary N) is 2. The number of nitrogens with zero attached hydrogens (tertiary/aromatic N) is 3. The molecule has 364 valence electrons. The van der Waals surface area contributed by atoms with Crippen LogP contribution < -0.4 is 16.8 Å². The summed E-state index contributed by atoms with van der Waals surface area (Å²) in [7, 11) is 0. The number of hydrogen-bond donors (Lipinski definition) is 3. The molecule has 0 saturated carbocycles. The molecule has 5 N–H and O–H groups in total. The summed E-state index contributed by atoms with van der Waals surface area (Å²) in [5, 5.41) is 12.9. The highest BCUT2D eigenvalue weighted by atomic mass is 15.1. The van der Waals surface area contributed by atoms with Gasteiger partial charge in [-0.05, 0) is 110 Å². The van der Waals surface area contributed by atoms with Crippen molar-refractivity contribution in [3.63, 3.8) is 0 Å². The molecule has 6 nitrogen and oxygen atoms in total. The van der Waals surface area contributed by atoms with E-state index in [-0.39, 0.29) is 6.04 Å². The maximum Gasteiger partial charge on any atom is 0.164 e. The van der Waals surface area contributed by atoms with Gasteiger partial charge in [-0.2, -0.15) is 0 Å². The highest BCUT2D eigenvalue weighted by Gasteiger charge is 2.52. The van der Waals surface area contributed by atoms with E-state index in [1.54, 1.807) is 0 Å². The van der Waals surface area contributed by atoms with Crippen LogP contribution in [-0.4, -0.2) is 15.0 Å². The van der Waals surface area contributed by atoms with Crippen LogP contribution in [0, 0.1) is 0 Å². The lowest BCUT2D eigenvalue weighted by Crippen LogP contribution is -2.38. The van der Waals surface area contributed by atoms with E-state index in [0.717, 1.165) is 76.5 Å². The summed E-state index contributed by atoms with van der Waals surface area (Å²) in [6, 6.07) is 90.1. The van der Waals surface area contributed by atoms with Gasteiger partial charge in [0.25, 0.3) is 0 Å². The predicted octanol–water partition coefficient (Wildman–Crippen LogP) is 15.8. The van der Waals surface area contributed by atoms with Crippen LogP contribution in [0.15, 0.2) is 255 Å². The van der Waals surface area contributed by atoms with Gasteiger partial charge in [0, 0.05) is 22.7 Å². The monoisotopic (exact) mass is 986 g/mol. The number of benzene rings is 12. The third kappa shape index (κ3) is 7.04. The van der Waals surface area contributed by atoms with Crippen molar-refractivity contribution in [1.82, 2.24) is 20.3 Å². The first-order valence-corrected chi connectivity index (χ1v) is 26.5. The van der Waals surface area contributed by atoms with E-state index >= 15 is 0 Å². The third-order valence-corrected chi connectivity index (χ3v) is 16.5. The Labute approximate surface area is 446 Å². The molecule has 15 rings (SSSR count). The average molecular weight is 987 g/mol. The Bertz CT molecular complexity index is 4390. The van der Waals surface area contributed by atoms with Gasteiger partial charge in [-0.15, -0.1) is 0 Å². The molecule has 0 amide bonds. The normalized spacial score (nSPS) is 15.4. The SMILES string of the molecule is NC(NC(c1cccc2ccccc12)C(N)c1ccc2c(c1)C1(c3ccccc3-c3ccc(-c4nc(-c5cccc6ccccc56)nc(-c5cccc6ccccc56)n4)cc31)c1ccccc1-2)c1cccc2ccccc12. The molecule has 2 aliphatic rings. The summed E-state index contributed by atoms with van der Waals surface area (Å²) in [6.45, 7) is 0. The van der Waals surface area contributed by atoms with Gasteiger partial charge in [-0.3, -0.25) is 5.32 Å². The van der Waals surface area contributed by atoms with E-state index in [4.69, 9.17) is 26.4 Å². The Balaban J connectivity index is 0.925. The second kappa shape index (κ2) is 17.9. The van der Waals surface area contributed by atoms with Crippen molar-refractivity contribution in [1.29, 1.82) is 0 Å². The van der Waals surface area contributed by atoms with Crippen LogP contribution in [0.5, 0.6) is 0 Å². The van der Waals surface area contributed by atoms with Gasteiger partial charge in [-0.25, -0.2) is 15.0 Å². The van der Waals surface area contributed by atoms with E-state index in [0.29, 0.717) is 17.5 Å². The van der Waals surface area contributed by atoms with Crippen LogP contribution in [-0.2, 0) is 5.41 Å². The molecule has 4 atom stereocenters. The summed E-state index contributed by atoms with van der Waals surface area (Å²) in [5.41, 5.74) is 30.0. The fourth-order valence-electron chi connectivity index (χ4n) is 13.0. The van der Waals surface area contributed by atoms with Crippen LogP contribution >= 0.6 is 0 Å². The third-order valence-electron chi connectivity index (χ3n) is 16.5. The summed E-state index contributed by atoms with van der Waals surface area (Å²) >= 11 is 0. The maximum absolute atomic E-state index is 7.83. The van der Waals surface area contributed by atoms with Crippen LogP contribution in [0.25, 0.3) is 99.5 Å². The van der Waals surface area contributed by atoms with Crippen LogP contribution in [0.3, 0.4) is 0 Å². The summed E-state index contributed by atoms with van der Waals surface area (Å²) in [6.07, 6.45) is -0.522. The lowest BCUT2D eigenvalue weighted by atomic mass is 9.70. The lowest BCUT2D eigenvalue weighted by Gasteiger charge is -2.33. The summed E-state index contributed by atoms with van der Waals surface area (Å²) in [5.74, 6) is 1.85. The highest BCUT2D eigenvalue weighted by Crippen LogP contribution is 2.63. The van der Waals surface area contributed by atoms with Gasteiger partial charge in [0.05, 0.1) is 17.6 Å². The topological polar surface area (TPSA) is 103 Å². The van der Waals surface area contributed by atoms with Crippen molar-refractivity contribution in [2.45, 2.75) is 23.7 Å². The number of fused-ring (bicyclic) bond motifs is 14. The van der Waals surface area contributed by atoms with Gasteiger partial charge < -0.3 is 11.5 Å². The van der Waals surface area contributed by atoms with Crippen LogP contribution in [0.4, 0.5) is 0 Å². The maximum atomic E-state index is 7.83. The van der Waals surface area contributed by atoms with Crippen molar-refractivity contribution >= 4 is 43.1 Å². The van der Waals surface area contributed by atoms with Crippen molar-refractivity contribution < 1.29 is 0 Å². The molecule has 1 spiro atoms. The fourth-order valence-corrected chi connectivity index (χ4v) is 13.0. The Morgan fingerprint density at radius 1 is 0.325 bits per heavy atom. The van der Waals surface area contributed by atoms with Crippen molar-refractivity contribution in [3.05, 3.63) is 294 Å². The molecular weight excluding hydrogens is 937 g/mol. The molecular formula is C71H50N6. The van der Waals surface area contributed by atoms with Crippen molar-refractivity contribution in [2.24, 2.45) is 11.5 Å². The molecule has 1 aromatic heterocycles. The van der Waals surface area contributed by atoms with Crippen molar-refractivity contribution in [3.8, 4) is 56.4 Å². The molecule has 2 aliphatic carbocycles. The second-order valence-corrected chi connectivity index (χ2v) is 20.6. The van der Waals surface area contributed by atoms with Gasteiger partial charge in [0.2, 0.25) is 0 Å². The van der Waals surface area contributed by atoms with Gasteiger partial charge in [0.1, 0.15) is 0 Å². The first-order valence-electron chi connectivity index (χ1n) is 26.5. The lowest BCUT2D eigenvalue weighted by molar-refractivity contribution is 0.401. The molecule has 0 bridgehead atoms. The molecule has 0 radical (unpaired) electrons. The van der Waals surface area contributed by atoms with E-state index in [1.165, 1.54) is 44.5 Å².